The van der Waals surface area contributed by atoms with Gasteiger partial charge in [0.2, 0.25) is 0 Å². The van der Waals surface area contributed by atoms with Gasteiger partial charge < -0.3 is 10.1 Å². The average molecular weight is 296 g/mol. The zero-order valence-electron chi connectivity index (χ0n) is 14.7. The number of nitrogens with zero attached hydrogens (tertiary/aromatic N) is 1. The third-order valence-electron chi connectivity index (χ3n) is 5.38. The van der Waals surface area contributed by atoms with Gasteiger partial charge in [-0.3, -0.25) is 4.90 Å². The second-order valence-corrected chi connectivity index (χ2v) is 7.91. The largest absolute Gasteiger partial charge is 0.383 e. The summed E-state index contributed by atoms with van der Waals surface area (Å²) < 4.78 is 5.32. The van der Waals surface area contributed by atoms with Gasteiger partial charge >= 0.3 is 0 Å². The second kappa shape index (κ2) is 7.94. The monoisotopic (exact) mass is 296 g/mol. The summed E-state index contributed by atoms with van der Waals surface area (Å²) in [5.74, 6) is 0.885. The molecule has 2 atom stereocenters. The molecule has 0 radical (unpaired) electrons. The fourth-order valence-electron chi connectivity index (χ4n) is 3.94. The first-order valence-corrected chi connectivity index (χ1v) is 9.01. The second-order valence-electron chi connectivity index (χ2n) is 7.91. The maximum atomic E-state index is 5.32. The van der Waals surface area contributed by atoms with Crippen molar-refractivity contribution >= 4 is 0 Å². The van der Waals surface area contributed by atoms with Crippen molar-refractivity contribution in [3.8, 4) is 0 Å². The van der Waals surface area contributed by atoms with Crippen molar-refractivity contribution < 1.29 is 4.74 Å². The van der Waals surface area contributed by atoms with Crippen molar-refractivity contribution in [1.29, 1.82) is 0 Å². The number of methoxy groups -OCH3 is 1. The van der Waals surface area contributed by atoms with Gasteiger partial charge in [-0.15, -0.1) is 0 Å². The van der Waals surface area contributed by atoms with Crippen LogP contribution in [0.25, 0.3) is 0 Å². The molecule has 0 aromatic heterocycles. The van der Waals surface area contributed by atoms with Crippen molar-refractivity contribution in [1.82, 2.24) is 10.2 Å². The molecule has 2 aliphatic rings. The van der Waals surface area contributed by atoms with Crippen LogP contribution in [-0.4, -0.2) is 50.3 Å². The first kappa shape index (κ1) is 17.2. The van der Waals surface area contributed by atoms with E-state index in [0.29, 0.717) is 11.5 Å². The van der Waals surface area contributed by atoms with Gasteiger partial charge in [0.1, 0.15) is 0 Å². The number of rotatable bonds is 9. The van der Waals surface area contributed by atoms with Gasteiger partial charge in [0.15, 0.2) is 0 Å². The van der Waals surface area contributed by atoms with Crippen LogP contribution in [0.4, 0.5) is 0 Å². The molecule has 3 heteroatoms. The third kappa shape index (κ3) is 5.54. The van der Waals surface area contributed by atoms with Crippen molar-refractivity contribution in [2.24, 2.45) is 11.3 Å². The fourth-order valence-corrected chi connectivity index (χ4v) is 3.94. The van der Waals surface area contributed by atoms with E-state index in [2.05, 4.69) is 31.0 Å². The molecular formula is C18H36N2O. The summed E-state index contributed by atoms with van der Waals surface area (Å²) in [6.45, 7) is 11.5. The summed E-state index contributed by atoms with van der Waals surface area (Å²) in [5.41, 5.74) is 0.484. The zero-order chi connectivity index (χ0) is 15.3. The number of nitrogens with one attached hydrogen (secondary N) is 1. The Kier molecular flexibility index (Phi) is 6.51. The average Bonchev–Trinajstić information content (AvgIpc) is 3.25. The van der Waals surface area contributed by atoms with Crippen LogP contribution in [0.1, 0.15) is 59.3 Å². The molecule has 0 spiro atoms. The van der Waals surface area contributed by atoms with Gasteiger partial charge in [-0.2, -0.15) is 0 Å². The smallest absolute Gasteiger partial charge is 0.0589 e. The number of ether oxygens (including phenoxy) is 1. The van der Waals surface area contributed by atoms with Gasteiger partial charge in [0.05, 0.1) is 6.61 Å². The zero-order valence-corrected chi connectivity index (χ0v) is 14.7. The predicted molar refractivity (Wildman–Crippen MR) is 89.7 cm³/mol. The Morgan fingerprint density at radius 3 is 2.62 bits per heavy atom. The first-order valence-electron chi connectivity index (χ1n) is 9.01. The van der Waals surface area contributed by atoms with Crippen LogP contribution in [0.2, 0.25) is 0 Å². The third-order valence-corrected chi connectivity index (χ3v) is 5.38. The highest BCUT2D eigenvalue weighted by molar-refractivity contribution is 4.93. The molecule has 2 rings (SSSR count). The maximum Gasteiger partial charge on any atom is 0.0589 e. The van der Waals surface area contributed by atoms with Crippen LogP contribution >= 0.6 is 0 Å². The molecule has 0 heterocycles. The molecule has 21 heavy (non-hydrogen) atoms. The molecule has 124 valence electrons. The summed E-state index contributed by atoms with van der Waals surface area (Å²) >= 11 is 0. The standard InChI is InChI=1S/C18H36N2O/c1-15(2)20(10-11-21-4)14-18(13-19-17-7-8-17)9-5-6-16(3)12-18/h15-17,19H,5-14H2,1-4H3. The van der Waals surface area contributed by atoms with Crippen molar-refractivity contribution in [3.05, 3.63) is 0 Å². The molecule has 2 aliphatic carbocycles. The SMILES string of the molecule is COCCN(CC1(CNC2CC2)CCCC(C)C1)C(C)C. The Hall–Kier alpha value is -0.120. The lowest BCUT2D eigenvalue weighted by atomic mass is 9.69. The van der Waals surface area contributed by atoms with E-state index in [1.165, 1.54) is 51.6 Å². The summed E-state index contributed by atoms with van der Waals surface area (Å²) in [6.07, 6.45) is 8.40. The molecule has 0 amide bonds. The van der Waals surface area contributed by atoms with Gasteiger partial charge in [0.25, 0.3) is 0 Å². The van der Waals surface area contributed by atoms with Gasteiger partial charge in [-0.25, -0.2) is 0 Å². The van der Waals surface area contributed by atoms with Crippen LogP contribution in [0.5, 0.6) is 0 Å². The molecule has 0 bridgehead atoms. The Balaban J connectivity index is 1.97. The van der Waals surface area contributed by atoms with Crippen LogP contribution < -0.4 is 5.32 Å². The number of hydrogen-bond donors (Lipinski definition) is 1. The minimum atomic E-state index is 0.484. The topological polar surface area (TPSA) is 24.5 Å². The van der Waals surface area contributed by atoms with Crippen molar-refractivity contribution in [2.45, 2.75) is 71.4 Å². The van der Waals surface area contributed by atoms with E-state index in [9.17, 15) is 0 Å². The highest BCUT2D eigenvalue weighted by Crippen LogP contribution is 2.40. The van der Waals surface area contributed by atoms with Gasteiger partial charge in [0, 0.05) is 38.8 Å². The Morgan fingerprint density at radius 1 is 1.29 bits per heavy atom. The minimum Gasteiger partial charge on any atom is -0.383 e. The molecule has 3 nitrogen and oxygen atoms in total. The summed E-state index contributed by atoms with van der Waals surface area (Å²) in [4.78, 5) is 2.64. The van der Waals surface area contributed by atoms with Gasteiger partial charge in [-0.1, -0.05) is 19.8 Å². The molecule has 1 N–H and O–H groups in total. The molecule has 2 saturated carbocycles. The maximum absolute atomic E-state index is 5.32. The van der Waals surface area contributed by atoms with Crippen molar-refractivity contribution in [2.75, 3.05) is 33.4 Å². The van der Waals surface area contributed by atoms with E-state index in [0.717, 1.165) is 25.1 Å². The molecule has 0 saturated heterocycles. The highest BCUT2D eigenvalue weighted by atomic mass is 16.5. The van der Waals surface area contributed by atoms with E-state index in [1.807, 2.05) is 7.11 Å². The van der Waals surface area contributed by atoms with Gasteiger partial charge in [-0.05, 0) is 50.9 Å². The molecule has 2 fully saturated rings. The molecular weight excluding hydrogens is 260 g/mol. The van der Waals surface area contributed by atoms with E-state index in [1.54, 1.807) is 0 Å². The lowest BCUT2D eigenvalue weighted by Crippen LogP contribution is -2.49. The fraction of sp³-hybridized carbons (Fsp3) is 1.00. The molecule has 0 aromatic carbocycles. The normalized spacial score (nSPS) is 30.3. The number of hydrogen-bond acceptors (Lipinski definition) is 3. The Bertz CT molecular complexity index is 304. The van der Waals surface area contributed by atoms with Crippen LogP contribution in [0.15, 0.2) is 0 Å². The van der Waals surface area contributed by atoms with Crippen LogP contribution in [-0.2, 0) is 4.74 Å². The van der Waals surface area contributed by atoms with Crippen molar-refractivity contribution in [3.63, 3.8) is 0 Å². The lowest BCUT2D eigenvalue weighted by Gasteiger charge is -2.44. The molecule has 0 aromatic rings. The molecule has 2 unspecified atom stereocenters. The Morgan fingerprint density at radius 2 is 2.05 bits per heavy atom. The van der Waals surface area contributed by atoms with Crippen LogP contribution in [0, 0.1) is 11.3 Å². The minimum absolute atomic E-state index is 0.484. The first-order chi connectivity index (χ1) is 10.0. The summed E-state index contributed by atoms with van der Waals surface area (Å²) in [5, 5.41) is 3.83. The predicted octanol–water partition coefficient (Wildman–Crippen LogP) is 3.29. The van der Waals surface area contributed by atoms with E-state index in [4.69, 9.17) is 4.74 Å². The lowest BCUT2D eigenvalue weighted by molar-refractivity contribution is 0.0480. The highest BCUT2D eigenvalue weighted by Gasteiger charge is 2.38. The van der Waals surface area contributed by atoms with E-state index < -0.39 is 0 Å². The van der Waals surface area contributed by atoms with E-state index >= 15 is 0 Å². The summed E-state index contributed by atoms with van der Waals surface area (Å²) in [7, 11) is 1.81. The molecule has 0 aliphatic heterocycles. The Labute approximate surface area is 131 Å². The quantitative estimate of drug-likeness (QED) is 0.706. The summed E-state index contributed by atoms with van der Waals surface area (Å²) in [6, 6.07) is 1.43. The van der Waals surface area contributed by atoms with Crippen LogP contribution in [0.3, 0.4) is 0 Å². The van der Waals surface area contributed by atoms with E-state index in [-0.39, 0.29) is 0 Å².